The highest BCUT2D eigenvalue weighted by atomic mass is 16.5. The van der Waals surface area contributed by atoms with Crippen LogP contribution in [0.2, 0.25) is 0 Å². The molecule has 0 saturated heterocycles. The summed E-state index contributed by atoms with van der Waals surface area (Å²) < 4.78 is 5.42. The van der Waals surface area contributed by atoms with Gasteiger partial charge >= 0.3 is 0 Å². The largest absolute Gasteiger partial charge is 0.484 e. The molecule has 0 bridgehead atoms. The van der Waals surface area contributed by atoms with Crippen molar-refractivity contribution in [2.75, 3.05) is 11.9 Å². The van der Waals surface area contributed by atoms with Crippen LogP contribution in [-0.2, 0) is 11.8 Å². The second-order valence-corrected chi connectivity index (χ2v) is 4.82. The van der Waals surface area contributed by atoms with Crippen LogP contribution in [0.25, 0.3) is 0 Å². The van der Waals surface area contributed by atoms with E-state index in [9.17, 15) is 4.79 Å². The van der Waals surface area contributed by atoms with Gasteiger partial charge in [-0.3, -0.25) is 10.1 Å². The van der Waals surface area contributed by atoms with Gasteiger partial charge in [0.2, 0.25) is 0 Å². The first-order valence-electron chi connectivity index (χ1n) is 6.85. The van der Waals surface area contributed by atoms with E-state index in [0.29, 0.717) is 11.7 Å². The van der Waals surface area contributed by atoms with Crippen LogP contribution >= 0.6 is 0 Å². The van der Waals surface area contributed by atoms with Crippen molar-refractivity contribution in [3.8, 4) is 5.75 Å². The van der Waals surface area contributed by atoms with Crippen molar-refractivity contribution in [2.45, 2.75) is 26.2 Å². The summed E-state index contributed by atoms with van der Waals surface area (Å²) in [5.74, 6) is 1.02. The third kappa shape index (κ3) is 4.27. The molecule has 7 nitrogen and oxygen atoms in total. The fraction of sp³-hybridized carbons (Fsp3) is 0.429. The van der Waals surface area contributed by atoms with Gasteiger partial charge in [0.15, 0.2) is 6.61 Å². The molecule has 0 aliphatic rings. The number of benzene rings is 1. The van der Waals surface area contributed by atoms with Gasteiger partial charge in [0.1, 0.15) is 5.75 Å². The maximum absolute atomic E-state index is 11.7. The number of tetrazole rings is 1. The number of anilines is 1. The lowest BCUT2D eigenvalue weighted by Gasteiger charge is -2.10. The van der Waals surface area contributed by atoms with Gasteiger partial charge < -0.3 is 4.74 Å². The van der Waals surface area contributed by atoms with Crippen LogP contribution in [0.5, 0.6) is 5.75 Å². The van der Waals surface area contributed by atoms with Crippen molar-refractivity contribution in [2.24, 2.45) is 7.05 Å². The van der Waals surface area contributed by atoms with Gasteiger partial charge in [-0.25, -0.2) is 0 Å². The zero-order chi connectivity index (χ0) is 15.2. The summed E-state index contributed by atoms with van der Waals surface area (Å²) in [6.45, 7) is 4.23. The summed E-state index contributed by atoms with van der Waals surface area (Å²) in [5.41, 5.74) is 1.26. The van der Waals surface area contributed by atoms with Gasteiger partial charge in [0, 0.05) is 0 Å². The predicted molar refractivity (Wildman–Crippen MR) is 78.1 cm³/mol. The van der Waals surface area contributed by atoms with E-state index in [1.54, 1.807) is 7.05 Å². The van der Waals surface area contributed by atoms with Crippen molar-refractivity contribution in [1.29, 1.82) is 0 Å². The number of nitrogens with zero attached hydrogens (tertiary/aromatic N) is 4. The Morgan fingerprint density at radius 3 is 2.67 bits per heavy atom. The molecule has 0 aliphatic heterocycles. The number of amides is 1. The van der Waals surface area contributed by atoms with Crippen LogP contribution in [0.4, 0.5) is 5.95 Å². The summed E-state index contributed by atoms with van der Waals surface area (Å²) >= 11 is 0. The molecule has 1 N–H and O–H groups in total. The molecule has 1 atom stereocenters. The van der Waals surface area contributed by atoms with E-state index in [-0.39, 0.29) is 18.5 Å². The maximum Gasteiger partial charge on any atom is 0.270 e. The molecule has 7 heteroatoms. The second kappa shape index (κ2) is 6.83. The monoisotopic (exact) mass is 289 g/mol. The highest BCUT2D eigenvalue weighted by molar-refractivity contribution is 5.90. The van der Waals surface area contributed by atoms with Gasteiger partial charge in [-0.15, -0.1) is 5.10 Å². The van der Waals surface area contributed by atoms with Gasteiger partial charge in [0.25, 0.3) is 11.9 Å². The van der Waals surface area contributed by atoms with Crippen LogP contribution < -0.4 is 10.1 Å². The highest BCUT2D eigenvalue weighted by Gasteiger charge is 2.08. The van der Waals surface area contributed by atoms with Gasteiger partial charge in [0.05, 0.1) is 7.05 Å². The number of hydrogen-bond acceptors (Lipinski definition) is 5. The number of aryl methyl sites for hydroxylation is 1. The molecule has 2 rings (SSSR count). The first kappa shape index (κ1) is 15.0. The smallest absolute Gasteiger partial charge is 0.270 e. The third-order valence-electron chi connectivity index (χ3n) is 3.19. The molecule has 1 aromatic carbocycles. The number of carbonyl (C=O) groups excluding carboxylic acids is 1. The lowest BCUT2D eigenvalue weighted by atomic mass is 9.99. The molecule has 0 spiro atoms. The minimum absolute atomic E-state index is 0.0963. The molecule has 21 heavy (non-hydrogen) atoms. The van der Waals surface area contributed by atoms with E-state index in [2.05, 4.69) is 34.6 Å². The number of aromatic nitrogens is 4. The van der Waals surface area contributed by atoms with E-state index >= 15 is 0 Å². The number of nitrogens with one attached hydrogen (secondary N) is 1. The van der Waals surface area contributed by atoms with Crippen LogP contribution in [0, 0.1) is 0 Å². The molecule has 2 aromatic rings. The molecule has 0 fully saturated rings. The highest BCUT2D eigenvalue weighted by Crippen LogP contribution is 2.21. The normalized spacial score (nSPS) is 12.0. The lowest BCUT2D eigenvalue weighted by Crippen LogP contribution is -2.21. The van der Waals surface area contributed by atoms with E-state index in [1.807, 2.05) is 24.3 Å². The molecule has 112 valence electrons. The Bertz CT molecular complexity index is 594. The molecule has 0 saturated carbocycles. The summed E-state index contributed by atoms with van der Waals surface area (Å²) in [5, 5.41) is 13.6. The number of hydrogen-bond donors (Lipinski definition) is 1. The molecule has 0 aliphatic carbocycles. The fourth-order valence-corrected chi connectivity index (χ4v) is 1.77. The van der Waals surface area contributed by atoms with Gasteiger partial charge in [-0.2, -0.15) is 4.80 Å². The van der Waals surface area contributed by atoms with E-state index < -0.39 is 0 Å². The zero-order valence-corrected chi connectivity index (χ0v) is 12.4. The molecular weight excluding hydrogens is 270 g/mol. The van der Waals surface area contributed by atoms with Crippen LogP contribution in [0.15, 0.2) is 24.3 Å². The summed E-state index contributed by atoms with van der Waals surface area (Å²) in [6, 6.07) is 7.78. The van der Waals surface area contributed by atoms with E-state index in [0.717, 1.165) is 6.42 Å². The minimum Gasteiger partial charge on any atom is -0.484 e. The van der Waals surface area contributed by atoms with Crippen molar-refractivity contribution >= 4 is 11.9 Å². The Balaban J connectivity index is 1.83. The third-order valence-corrected chi connectivity index (χ3v) is 3.19. The first-order valence-corrected chi connectivity index (χ1v) is 6.85. The first-order chi connectivity index (χ1) is 10.1. The Morgan fingerprint density at radius 2 is 2.10 bits per heavy atom. The van der Waals surface area contributed by atoms with Crippen molar-refractivity contribution in [3.05, 3.63) is 29.8 Å². The standard InChI is InChI=1S/C14H19N5O2/c1-4-10(2)11-5-7-12(8-6-11)21-9-13(20)15-14-16-18-19(3)17-14/h5-8,10H,4,9H2,1-3H3,(H,15,17,20)/t10-/m1/s1. The summed E-state index contributed by atoms with van der Waals surface area (Å²) in [7, 11) is 1.62. The maximum atomic E-state index is 11.7. The molecule has 0 unspecified atom stereocenters. The Morgan fingerprint density at radius 1 is 1.38 bits per heavy atom. The molecule has 1 aromatic heterocycles. The van der Waals surface area contributed by atoms with Crippen LogP contribution in [0.3, 0.4) is 0 Å². The minimum atomic E-state index is -0.325. The van der Waals surface area contributed by atoms with Gasteiger partial charge in [-0.05, 0) is 35.2 Å². The van der Waals surface area contributed by atoms with E-state index in [1.165, 1.54) is 10.4 Å². The van der Waals surface area contributed by atoms with Crippen LogP contribution in [-0.4, -0.2) is 32.7 Å². The van der Waals surface area contributed by atoms with E-state index in [4.69, 9.17) is 4.74 Å². The number of carbonyl (C=O) groups is 1. The quantitative estimate of drug-likeness (QED) is 0.876. The Kier molecular flexibility index (Phi) is 4.86. The fourth-order valence-electron chi connectivity index (χ4n) is 1.77. The van der Waals surface area contributed by atoms with Crippen LogP contribution in [0.1, 0.15) is 31.7 Å². The van der Waals surface area contributed by atoms with Crippen molar-refractivity contribution in [3.63, 3.8) is 0 Å². The Labute approximate surface area is 123 Å². The Hall–Kier alpha value is -2.44. The van der Waals surface area contributed by atoms with Crippen molar-refractivity contribution in [1.82, 2.24) is 20.2 Å². The predicted octanol–water partition coefficient (Wildman–Crippen LogP) is 1.74. The summed E-state index contributed by atoms with van der Waals surface area (Å²) in [6.07, 6.45) is 1.09. The van der Waals surface area contributed by atoms with Gasteiger partial charge in [-0.1, -0.05) is 31.1 Å². The molecule has 0 radical (unpaired) electrons. The van der Waals surface area contributed by atoms with Crippen molar-refractivity contribution < 1.29 is 9.53 Å². The number of rotatable bonds is 6. The second-order valence-electron chi connectivity index (χ2n) is 4.82. The number of ether oxygens (including phenoxy) is 1. The molecule has 1 amide bonds. The average molecular weight is 289 g/mol. The summed E-state index contributed by atoms with van der Waals surface area (Å²) in [4.78, 5) is 12.9. The molecular formula is C14H19N5O2. The average Bonchev–Trinajstić information content (AvgIpc) is 2.90. The topological polar surface area (TPSA) is 81.9 Å². The zero-order valence-electron chi connectivity index (χ0n) is 12.4. The SMILES string of the molecule is CC[C@@H](C)c1ccc(OCC(=O)Nc2nnn(C)n2)cc1. The molecule has 1 heterocycles. The lowest BCUT2D eigenvalue weighted by molar-refractivity contribution is -0.118.